The summed E-state index contributed by atoms with van der Waals surface area (Å²) >= 11 is 22.8. The van der Waals surface area contributed by atoms with Crippen molar-refractivity contribution in [1.29, 1.82) is 0 Å². The van der Waals surface area contributed by atoms with Gasteiger partial charge in [0.2, 0.25) is 9.70 Å². The SMILES string of the molecule is CCCC(=O)N[C@H](NC(=S)Nc1ccc(C)cc1)C(Cl)(Cl)Cl. The molecule has 0 spiro atoms. The van der Waals surface area contributed by atoms with Crippen LogP contribution >= 0.6 is 47.0 Å². The predicted octanol–water partition coefficient (Wildman–Crippen LogP) is 3.89. The lowest BCUT2D eigenvalue weighted by Gasteiger charge is -2.27. The number of aryl methyl sites for hydroxylation is 1. The Morgan fingerprint density at radius 3 is 2.32 bits per heavy atom. The van der Waals surface area contributed by atoms with Crippen molar-refractivity contribution in [2.45, 2.75) is 36.6 Å². The van der Waals surface area contributed by atoms with Crippen molar-refractivity contribution in [2.75, 3.05) is 5.32 Å². The summed E-state index contributed by atoms with van der Waals surface area (Å²) in [5.74, 6) is -0.218. The van der Waals surface area contributed by atoms with Crippen LogP contribution < -0.4 is 16.0 Å². The van der Waals surface area contributed by atoms with E-state index in [4.69, 9.17) is 47.0 Å². The summed E-state index contributed by atoms with van der Waals surface area (Å²) in [6.07, 6.45) is 0.115. The van der Waals surface area contributed by atoms with Crippen molar-refractivity contribution in [3.63, 3.8) is 0 Å². The normalized spacial score (nSPS) is 12.4. The van der Waals surface area contributed by atoms with Crippen LogP contribution in [0.25, 0.3) is 0 Å². The zero-order valence-corrected chi connectivity index (χ0v) is 15.3. The Bertz CT molecular complexity index is 517. The second-order valence-corrected chi connectivity index (χ2v) is 7.53. The molecule has 1 aromatic rings. The molecule has 0 bridgehead atoms. The number of hydrogen-bond acceptors (Lipinski definition) is 2. The number of nitrogens with one attached hydrogen (secondary N) is 3. The third-order valence-corrected chi connectivity index (χ3v) is 3.57. The van der Waals surface area contributed by atoms with Crippen molar-refractivity contribution in [3.05, 3.63) is 29.8 Å². The molecular formula is C14H18Cl3N3OS. The first kappa shape index (κ1) is 19.3. The average molecular weight is 383 g/mol. The third-order valence-electron chi connectivity index (χ3n) is 2.69. The standard InChI is InChI=1S/C14H18Cl3N3OS/c1-3-4-11(21)19-12(14(15,16)17)20-13(22)18-10-7-5-9(2)6-8-10/h5-8,12H,3-4H2,1-2H3,(H,19,21)(H2,18,20,22)/t12-/m1/s1. The van der Waals surface area contributed by atoms with Crippen molar-refractivity contribution in [2.24, 2.45) is 0 Å². The molecule has 0 heterocycles. The number of thiocarbonyl (C=S) groups is 1. The fraction of sp³-hybridized carbons (Fsp3) is 0.429. The molecule has 0 radical (unpaired) electrons. The molecule has 122 valence electrons. The van der Waals surface area contributed by atoms with E-state index in [2.05, 4.69) is 16.0 Å². The number of rotatable bonds is 5. The molecule has 0 aliphatic carbocycles. The zero-order valence-electron chi connectivity index (χ0n) is 12.3. The quantitative estimate of drug-likeness (QED) is 0.411. The molecule has 4 nitrogen and oxygen atoms in total. The molecule has 1 aromatic carbocycles. The van der Waals surface area contributed by atoms with Crippen LogP contribution in [0.15, 0.2) is 24.3 Å². The van der Waals surface area contributed by atoms with E-state index in [1.165, 1.54) is 0 Å². The van der Waals surface area contributed by atoms with E-state index < -0.39 is 9.96 Å². The number of anilines is 1. The van der Waals surface area contributed by atoms with Crippen LogP contribution in [-0.4, -0.2) is 21.0 Å². The third kappa shape index (κ3) is 7.01. The van der Waals surface area contributed by atoms with E-state index in [-0.39, 0.29) is 11.0 Å². The van der Waals surface area contributed by atoms with Crippen LogP contribution in [0.2, 0.25) is 0 Å². The number of amides is 1. The predicted molar refractivity (Wildman–Crippen MR) is 97.7 cm³/mol. The molecule has 22 heavy (non-hydrogen) atoms. The average Bonchev–Trinajstić information content (AvgIpc) is 2.40. The van der Waals surface area contributed by atoms with Crippen molar-refractivity contribution in [1.82, 2.24) is 10.6 Å². The van der Waals surface area contributed by atoms with E-state index in [9.17, 15) is 4.79 Å². The van der Waals surface area contributed by atoms with Crippen LogP contribution in [-0.2, 0) is 4.79 Å². The Hall–Kier alpha value is -0.750. The fourth-order valence-corrected chi connectivity index (χ4v) is 2.16. The number of alkyl halides is 3. The van der Waals surface area contributed by atoms with Crippen molar-refractivity contribution >= 4 is 63.7 Å². The minimum absolute atomic E-state index is 0.218. The highest BCUT2D eigenvalue weighted by Crippen LogP contribution is 2.29. The van der Waals surface area contributed by atoms with Gasteiger partial charge in [-0.15, -0.1) is 0 Å². The van der Waals surface area contributed by atoms with Gasteiger partial charge in [0.25, 0.3) is 0 Å². The maximum Gasteiger partial charge on any atom is 0.228 e. The number of benzene rings is 1. The number of halogens is 3. The molecule has 0 aliphatic rings. The summed E-state index contributed by atoms with van der Waals surface area (Å²) in [7, 11) is 0. The first-order valence-electron chi connectivity index (χ1n) is 6.72. The first-order chi connectivity index (χ1) is 10.2. The Morgan fingerprint density at radius 2 is 1.82 bits per heavy atom. The molecule has 0 aliphatic heterocycles. The van der Waals surface area contributed by atoms with Gasteiger partial charge in [0.15, 0.2) is 5.11 Å². The van der Waals surface area contributed by atoms with Gasteiger partial charge in [0.05, 0.1) is 0 Å². The first-order valence-corrected chi connectivity index (χ1v) is 8.27. The number of carbonyl (C=O) groups is 1. The Morgan fingerprint density at radius 1 is 1.23 bits per heavy atom. The van der Waals surface area contributed by atoms with Crippen LogP contribution in [0, 0.1) is 6.92 Å². The van der Waals surface area contributed by atoms with Crippen LogP contribution in [0.3, 0.4) is 0 Å². The highest BCUT2D eigenvalue weighted by atomic mass is 35.6. The van der Waals surface area contributed by atoms with Gasteiger partial charge in [-0.1, -0.05) is 59.4 Å². The molecule has 3 N–H and O–H groups in total. The van der Waals surface area contributed by atoms with E-state index in [1.807, 2.05) is 38.1 Å². The molecule has 1 atom stereocenters. The molecule has 1 amide bonds. The minimum Gasteiger partial charge on any atom is -0.339 e. The summed E-state index contributed by atoms with van der Waals surface area (Å²) in [6.45, 7) is 3.88. The van der Waals surface area contributed by atoms with Gasteiger partial charge in [-0.25, -0.2) is 0 Å². The van der Waals surface area contributed by atoms with Crippen molar-refractivity contribution in [3.8, 4) is 0 Å². The van der Waals surface area contributed by atoms with E-state index in [0.717, 1.165) is 11.3 Å². The summed E-state index contributed by atoms with van der Waals surface area (Å²) in [6, 6.07) is 7.65. The van der Waals surface area contributed by atoms with Gasteiger partial charge in [0, 0.05) is 12.1 Å². The molecule has 0 aromatic heterocycles. The largest absolute Gasteiger partial charge is 0.339 e. The van der Waals surface area contributed by atoms with E-state index in [0.29, 0.717) is 12.8 Å². The Labute approximate surface area is 150 Å². The summed E-state index contributed by atoms with van der Waals surface area (Å²) in [4.78, 5) is 11.7. The summed E-state index contributed by atoms with van der Waals surface area (Å²) < 4.78 is -1.73. The Balaban J connectivity index is 2.66. The van der Waals surface area contributed by atoms with Gasteiger partial charge in [-0.2, -0.15) is 0 Å². The second kappa shape index (κ2) is 8.77. The minimum atomic E-state index is -1.73. The smallest absolute Gasteiger partial charge is 0.228 e. The highest BCUT2D eigenvalue weighted by Gasteiger charge is 2.34. The maximum absolute atomic E-state index is 11.7. The summed E-state index contributed by atoms with van der Waals surface area (Å²) in [5, 5.41) is 8.63. The second-order valence-electron chi connectivity index (χ2n) is 4.76. The van der Waals surface area contributed by atoms with Crippen molar-refractivity contribution < 1.29 is 4.79 Å². The van der Waals surface area contributed by atoms with E-state index >= 15 is 0 Å². The molecule has 0 unspecified atom stereocenters. The highest BCUT2D eigenvalue weighted by molar-refractivity contribution is 7.80. The van der Waals surface area contributed by atoms with Gasteiger partial charge in [0.1, 0.15) is 6.17 Å². The lowest BCUT2D eigenvalue weighted by Crippen LogP contribution is -2.56. The van der Waals surface area contributed by atoms with Crippen LogP contribution in [0.1, 0.15) is 25.3 Å². The van der Waals surface area contributed by atoms with Gasteiger partial charge >= 0.3 is 0 Å². The fourth-order valence-electron chi connectivity index (χ4n) is 1.60. The van der Waals surface area contributed by atoms with Crippen LogP contribution in [0.4, 0.5) is 5.69 Å². The molecule has 0 fully saturated rings. The monoisotopic (exact) mass is 381 g/mol. The van der Waals surface area contributed by atoms with E-state index in [1.54, 1.807) is 0 Å². The van der Waals surface area contributed by atoms with Gasteiger partial charge in [-0.05, 0) is 37.7 Å². The lowest BCUT2D eigenvalue weighted by molar-refractivity contribution is -0.121. The molecular weight excluding hydrogens is 365 g/mol. The van der Waals surface area contributed by atoms with Crippen LogP contribution in [0.5, 0.6) is 0 Å². The molecule has 8 heteroatoms. The topological polar surface area (TPSA) is 53.2 Å². The summed E-state index contributed by atoms with van der Waals surface area (Å²) in [5.41, 5.74) is 1.93. The van der Waals surface area contributed by atoms with Gasteiger partial charge < -0.3 is 16.0 Å². The molecule has 1 rings (SSSR count). The number of hydrogen-bond donors (Lipinski definition) is 3. The lowest BCUT2D eigenvalue weighted by atomic mass is 10.2. The zero-order chi connectivity index (χ0) is 16.8. The molecule has 0 saturated carbocycles. The number of carbonyl (C=O) groups excluding carboxylic acids is 1. The maximum atomic E-state index is 11.7. The Kier molecular flexibility index (Phi) is 7.69. The van der Waals surface area contributed by atoms with Gasteiger partial charge in [-0.3, -0.25) is 4.79 Å². The molecule has 0 saturated heterocycles.